The second kappa shape index (κ2) is 6.22. The van der Waals surface area contributed by atoms with E-state index in [0.29, 0.717) is 10.0 Å². The molecular weight excluding hydrogens is 363 g/mol. The van der Waals surface area contributed by atoms with E-state index in [9.17, 15) is 5.11 Å². The maximum Gasteiger partial charge on any atom is 0.195 e. The van der Waals surface area contributed by atoms with Crippen molar-refractivity contribution in [1.82, 2.24) is 9.38 Å². The molecule has 2 aromatic heterocycles. The van der Waals surface area contributed by atoms with Crippen LogP contribution in [0.5, 0.6) is 0 Å². The number of hydrogen-bond donors (Lipinski definition) is 1. The van der Waals surface area contributed by atoms with Gasteiger partial charge in [0.2, 0.25) is 0 Å². The number of thiazole rings is 1. The van der Waals surface area contributed by atoms with Crippen molar-refractivity contribution >= 4 is 39.5 Å². The van der Waals surface area contributed by atoms with E-state index in [1.807, 2.05) is 34.9 Å². The third-order valence-corrected chi connectivity index (χ3v) is 5.60. The Bertz CT molecular complexity index is 1020. The lowest BCUT2D eigenvalue weighted by molar-refractivity contribution is 0.276. The van der Waals surface area contributed by atoms with E-state index < -0.39 is 0 Å². The van der Waals surface area contributed by atoms with Crippen LogP contribution in [0.3, 0.4) is 0 Å². The first-order valence-corrected chi connectivity index (χ1v) is 8.87. The van der Waals surface area contributed by atoms with E-state index in [1.54, 1.807) is 23.5 Å². The Morgan fingerprint density at radius 1 is 1.00 bits per heavy atom. The molecule has 0 saturated carbocycles. The lowest BCUT2D eigenvalue weighted by Crippen LogP contribution is -1.92. The number of nitrogens with zero attached hydrogens (tertiary/aromatic N) is 2. The number of hydrogen-bond acceptors (Lipinski definition) is 3. The molecule has 0 aliphatic heterocycles. The summed E-state index contributed by atoms with van der Waals surface area (Å²) in [6, 6.07) is 15.5. The zero-order chi connectivity index (χ0) is 16.7. The standard InChI is InChI=1S/C18H12Cl2N2OS/c19-13-7-6-12(8-14(13)20)17-15(10-23)22-9-16(24-18(22)21-17)11-4-2-1-3-5-11/h1-9,23H,10H2. The second-order valence-corrected chi connectivity index (χ2v) is 7.13. The Morgan fingerprint density at radius 2 is 1.79 bits per heavy atom. The Kier molecular flexibility index (Phi) is 4.06. The number of fused-ring (bicyclic) bond motifs is 1. The Morgan fingerprint density at radius 3 is 2.50 bits per heavy atom. The van der Waals surface area contributed by atoms with Crippen LogP contribution in [-0.4, -0.2) is 14.5 Å². The average molecular weight is 375 g/mol. The summed E-state index contributed by atoms with van der Waals surface area (Å²) in [6.07, 6.45) is 2.01. The van der Waals surface area contributed by atoms with Crippen molar-refractivity contribution in [2.75, 3.05) is 0 Å². The molecule has 120 valence electrons. The molecule has 0 spiro atoms. The number of rotatable bonds is 3. The highest BCUT2D eigenvalue weighted by Gasteiger charge is 2.17. The molecule has 0 fully saturated rings. The first-order chi connectivity index (χ1) is 11.7. The van der Waals surface area contributed by atoms with Gasteiger partial charge in [0, 0.05) is 11.8 Å². The van der Waals surface area contributed by atoms with Crippen molar-refractivity contribution in [3.63, 3.8) is 0 Å². The number of imidazole rings is 1. The SMILES string of the molecule is OCc1c(-c2ccc(Cl)c(Cl)c2)nc2sc(-c3ccccc3)cn12. The predicted octanol–water partition coefficient (Wildman–Crippen LogP) is 5.53. The smallest absolute Gasteiger partial charge is 0.195 e. The first-order valence-electron chi connectivity index (χ1n) is 7.30. The molecule has 0 amide bonds. The van der Waals surface area contributed by atoms with Crippen molar-refractivity contribution in [2.45, 2.75) is 6.61 Å². The quantitative estimate of drug-likeness (QED) is 0.511. The van der Waals surface area contributed by atoms with Gasteiger partial charge in [-0.2, -0.15) is 0 Å². The summed E-state index contributed by atoms with van der Waals surface area (Å²) in [5.41, 5.74) is 3.43. The van der Waals surface area contributed by atoms with Crippen molar-refractivity contribution in [1.29, 1.82) is 0 Å². The van der Waals surface area contributed by atoms with Gasteiger partial charge < -0.3 is 5.11 Å². The number of halogens is 2. The lowest BCUT2D eigenvalue weighted by Gasteiger charge is -2.03. The van der Waals surface area contributed by atoms with Gasteiger partial charge in [-0.15, -0.1) is 0 Å². The molecular formula is C18H12Cl2N2OS. The molecule has 4 rings (SSSR count). The van der Waals surface area contributed by atoms with Crippen LogP contribution < -0.4 is 0 Å². The van der Waals surface area contributed by atoms with Crippen LogP contribution in [0.1, 0.15) is 5.69 Å². The van der Waals surface area contributed by atoms with Crippen LogP contribution in [0.25, 0.3) is 26.7 Å². The lowest BCUT2D eigenvalue weighted by atomic mass is 10.1. The largest absolute Gasteiger partial charge is 0.390 e. The van der Waals surface area contributed by atoms with Crippen LogP contribution in [-0.2, 0) is 6.61 Å². The third-order valence-electron chi connectivity index (χ3n) is 3.83. The van der Waals surface area contributed by atoms with Gasteiger partial charge in [-0.1, -0.05) is 70.9 Å². The molecule has 0 aliphatic carbocycles. The normalized spacial score (nSPS) is 11.3. The van der Waals surface area contributed by atoms with E-state index in [-0.39, 0.29) is 6.61 Å². The second-order valence-electron chi connectivity index (χ2n) is 5.31. The van der Waals surface area contributed by atoms with Crippen LogP contribution in [0.2, 0.25) is 10.0 Å². The fourth-order valence-corrected chi connectivity index (χ4v) is 3.96. The Labute approximate surface area is 152 Å². The predicted molar refractivity (Wildman–Crippen MR) is 99.9 cm³/mol. The molecule has 24 heavy (non-hydrogen) atoms. The van der Waals surface area contributed by atoms with Crippen molar-refractivity contribution in [3.8, 4) is 21.7 Å². The van der Waals surface area contributed by atoms with Gasteiger partial charge in [-0.25, -0.2) is 4.98 Å². The summed E-state index contributed by atoms with van der Waals surface area (Å²) in [7, 11) is 0. The molecule has 0 saturated heterocycles. The van der Waals surface area contributed by atoms with E-state index in [0.717, 1.165) is 32.4 Å². The molecule has 0 bridgehead atoms. The highest BCUT2D eigenvalue weighted by Crippen LogP contribution is 2.35. The van der Waals surface area contributed by atoms with Gasteiger partial charge in [-0.05, 0) is 17.7 Å². The van der Waals surface area contributed by atoms with Crippen LogP contribution >= 0.6 is 34.5 Å². The molecule has 2 heterocycles. The number of aromatic nitrogens is 2. The van der Waals surface area contributed by atoms with Crippen LogP contribution in [0.4, 0.5) is 0 Å². The van der Waals surface area contributed by atoms with Gasteiger partial charge in [0.25, 0.3) is 0 Å². The molecule has 0 unspecified atom stereocenters. The molecule has 0 atom stereocenters. The maximum atomic E-state index is 9.86. The molecule has 1 N–H and O–H groups in total. The van der Waals surface area contributed by atoms with E-state index >= 15 is 0 Å². The minimum Gasteiger partial charge on any atom is -0.390 e. The number of benzene rings is 2. The molecule has 2 aromatic carbocycles. The summed E-state index contributed by atoms with van der Waals surface area (Å²) < 4.78 is 1.94. The molecule has 0 aliphatic rings. The van der Waals surface area contributed by atoms with Crippen LogP contribution in [0.15, 0.2) is 54.7 Å². The highest BCUT2D eigenvalue weighted by molar-refractivity contribution is 7.20. The molecule has 0 radical (unpaired) electrons. The van der Waals surface area contributed by atoms with E-state index in [1.165, 1.54) is 0 Å². The summed E-state index contributed by atoms with van der Waals surface area (Å²) in [4.78, 5) is 6.63. The first kappa shape index (κ1) is 15.7. The third kappa shape index (κ3) is 2.62. The fraction of sp³-hybridized carbons (Fsp3) is 0.0556. The number of aliphatic hydroxyl groups is 1. The van der Waals surface area contributed by atoms with Gasteiger partial charge >= 0.3 is 0 Å². The molecule has 3 nitrogen and oxygen atoms in total. The average Bonchev–Trinajstić information content (AvgIpc) is 3.15. The van der Waals surface area contributed by atoms with Gasteiger partial charge in [0.05, 0.1) is 32.9 Å². The zero-order valence-electron chi connectivity index (χ0n) is 12.4. The van der Waals surface area contributed by atoms with Crippen molar-refractivity contribution in [3.05, 3.63) is 70.5 Å². The molecule has 6 heteroatoms. The fourth-order valence-electron chi connectivity index (χ4n) is 2.65. The van der Waals surface area contributed by atoms with Crippen LogP contribution in [0, 0.1) is 0 Å². The minimum atomic E-state index is -0.109. The zero-order valence-corrected chi connectivity index (χ0v) is 14.7. The highest BCUT2D eigenvalue weighted by atomic mass is 35.5. The maximum absolute atomic E-state index is 9.86. The van der Waals surface area contributed by atoms with Gasteiger partial charge in [-0.3, -0.25) is 4.40 Å². The summed E-state index contributed by atoms with van der Waals surface area (Å²) in [5, 5.41) is 10.8. The van der Waals surface area contributed by atoms with E-state index in [2.05, 4.69) is 12.1 Å². The Balaban J connectivity index is 1.86. The minimum absolute atomic E-state index is 0.109. The summed E-state index contributed by atoms with van der Waals surface area (Å²) in [6.45, 7) is -0.109. The van der Waals surface area contributed by atoms with Gasteiger partial charge in [0.15, 0.2) is 4.96 Å². The van der Waals surface area contributed by atoms with Crippen molar-refractivity contribution in [2.24, 2.45) is 0 Å². The topological polar surface area (TPSA) is 37.5 Å². The monoisotopic (exact) mass is 374 g/mol. The van der Waals surface area contributed by atoms with Gasteiger partial charge in [0.1, 0.15) is 0 Å². The summed E-state index contributed by atoms with van der Waals surface area (Å²) >= 11 is 13.7. The Hall–Kier alpha value is -1.85. The van der Waals surface area contributed by atoms with Crippen molar-refractivity contribution < 1.29 is 5.11 Å². The van der Waals surface area contributed by atoms with E-state index in [4.69, 9.17) is 28.2 Å². The summed E-state index contributed by atoms with van der Waals surface area (Å²) in [5.74, 6) is 0. The molecule has 4 aromatic rings. The number of aliphatic hydroxyl groups excluding tert-OH is 1.